The fourth-order valence-electron chi connectivity index (χ4n) is 1.39. The standard InChI is InChI=1S/C11H9FN2O/c1-7-4-8(6-9(12)5-7)10-2-3-11(15)14-13-10/h2-6H,1H3,(H,14,15). The minimum absolute atomic E-state index is 0.271. The summed E-state index contributed by atoms with van der Waals surface area (Å²) in [6.07, 6.45) is 0. The Hall–Kier alpha value is -1.97. The van der Waals surface area contributed by atoms with Gasteiger partial charge in [0.15, 0.2) is 0 Å². The van der Waals surface area contributed by atoms with Gasteiger partial charge in [-0.3, -0.25) is 4.79 Å². The number of hydrogen-bond acceptors (Lipinski definition) is 2. The zero-order valence-electron chi connectivity index (χ0n) is 8.12. The number of nitrogens with one attached hydrogen (secondary N) is 1. The fourth-order valence-corrected chi connectivity index (χ4v) is 1.39. The van der Waals surface area contributed by atoms with E-state index < -0.39 is 0 Å². The lowest BCUT2D eigenvalue weighted by Gasteiger charge is -2.01. The van der Waals surface area contributed by atoms with E-state index in [1.54, 1.807) is 13.0 Å². The van der Waals surface area contributed by atoms with Crippen LogP contribution in [0.4, 0.5) is 4.39 Å². The second-order valence-electron chi connectivity index (χ2n) is 3.32. The molecule has 1 aromatic carbocycles. The maximum absolute atomic E-state index is 13.1. The molecule has 2 rings (SSSR count). The lowest BCUT2D eigenvalue weighted by atomic mass is 10.1. The van der Waals surface area contributed by atoms with Crippen molar-refractivity contribution in [3.63, 3.8) is 0 Å². The summed E-state index contributed by atoms with van der Waals surface area (Å²) < 4.78 is 13.1. The zero-order chi connectivity index (χ0) is 10.8. The molecular weight excluding hydrogens is 195 g/mol. The highest BCUT2D eigenvalue weighted by Crippen LogP contribution is 2.18. The molecule has 76 valence electrons. The van der Waals surface area contributed by atoms with Crippen LogP contribution in [0.1, 0.15) is 5.56 Å². The van der Waals surface area contributed by atoms with Gasteiger partial charge in [0.1, 0.15) is 5.82 Å². The number of aromatic nitrogens is 2. The van der Waals surface area contributed by atoms with E-state index in [9.17, 15) is 9.18 Å². The minimum Gasteiger partial charge on any atom is -0.268 e. The third kappa shape index (κ3) is 2.10. The molecule has 0 bridgehead atoms. The predicted octanol–water partition coefficient (Wildman–Crippen LogP) is 1.88. The largest absolute Gasteiger partial charge is 0.268 e. The van der Waals surface area contributed by atoms with Crippen molar-refractivity contribution in [1.82, 2.24) is 10.2 Å². The van der Waals surface area contributed by atoms with Gasteiger partial charge < -0.3 is 0 Å². The van der Waals surface area contributed by atoms with Crippen LogP contribution < -0.4 is 5.56 Å². The second-order valence-corrected chi connectivity index (χ2v) is 3.32. The Morgan fingerprint density at radius 1 is 1.27 bits per heavy atom. The van der Waals surface area contributed by atoms with Crippen molar-refractivity contribution in [3.8, 4) is 11.3 Å². The van der Waals surface area contributed by atoms with E-state index in [0.29, 0.717) is 11.3 Å². The summed E-state index contributed by atoms with van der Waals surface area (Å²) in [7, 11) is 0. The molecule has 0 aliphatic rings. The smallest absolute Gasteiger partial charge is 0.264 e. The van der Waals surface area contributed by atoms with Crippen molar-refractivity contribution in [2.24, 2.45) is 0 Å². The first-order chi connectivity index (χ1) is 7.15. The number of hydrogen-bond donors (Lipinski definition) is 1. The monoisotopic (exact) mass is 204 g/mol. The summed E-state index contributed by atoms with van der Waals surface area (Å²) in [4.78, 5) is 10.8. The predicted molar refractivity (Wildman–Crippen MR) is 55.0 cm³/mol. The van der Waals surface area contributed by atoms with Crippen LogP contribution in [0.2, 0.25) is 0 Å². The Morgan fingerprint density at radius 2 is 2.07 bits per heavy atom. The molecule has 0 radical (unpaired) electrons. The zero-order valence-corrected chi connectivity index (χ0v) is 8.12. The van der Waals surface area contributed by atoms with Crippen LogP contribution in [-0.2, 0) is 0 Å². The van der Waals surface area contributed by atoms with Crippen molar-refractivity contribution in [3.05, 3.63) is 52.1 Å². The first-order valence-electron chi connectivity index (χ1n) is 4.48. The Kier molecular flexibility index (Phi) is 2.33. The summed E-state index contributed by atoms with van der Waals surface area (Å²) in [6, 6.07) is 7.56. The third-order valence-electron chi connectivity index (χ3n) is 2.02. The average molecular weight is 204 g/mol. The number of aryl methyl sites for hydroxylation is 1. The highest BCUT2D eigenvalue weighted by Gasteiger charge is 2.02. The molecule has 0 fully saturated rings. The second kappa shape index (κ2) is 3.65. The van der Waals surface area contributed by atoms with E-state index in [2.05, 4.69) is 10.2 Å². The van der Waals surface area contributed by atoms with Crippen molar-refractivity contribution in [1.29, 1.82) is 0 Å². The van der Waals surface area contributed by atoms with Crippen LogP contribution in [0, 0.1) is 12.7 Å². The van der Waals surface area contributed by atoms with Gasteiger partial charge in [-0.05, 0) is 36.8 Å². The Labute approximate surface area is 85.6 Å². The summed E-state index contributed by atoms with van der Waals surface area (Å²) >= 11 is 0. The van der Waals surface area contributed by atoms with E-state index in [0.717, 1.165) is 5.56 Å². The number of benzene rings is 1. The molecule has 1 heterocycles. The van der Waals surface area contributed by atoms with E-state index in [-0.39, 0.29) is 11.4 Å². The molecule has 0 saturated carbocycles. The van der Waals surface area contributed by atoms with Gasteiger partial charge in [-0.2, -0.15) is 5.10 Å². The van der Waals surface area contributed by atoms with Gasteiger partial charge in [-0.25, -0.2) is 9.49 Å². The molecular formula is C11H9FN2O. The molecule has 0 aliphatic heterocycles. The van der Waals surface area contributed by atoms with Gasteiger partial charge in [-0.15, -0.1) is 0 Å². The van der Waals surface area contributed by atoms with Crippen molar-refractivity contribution < 1.29 is 4.39 Å². The topological polar surface area (TPSA) is 45.8 Å². The van der Waals surface area contributed by atoms with Gasteiger partial charge >= 0.3 is 0 Å². The lowest BCUT2D eigenvalue weighted by Crippen LogP contribution is -2.05. The third-order valence-corrected chi connectivity index (χ3v) is 2.02. The molecule has 0 saturated heterocycles. The van der Waals surface area contributed by atoms with Crippen molar-refractivity contribution in [2.45, 2.75) is 6.92 Å². The quantitative estimate of drug-likeness (QED) is 0.770. The molecule has 3 nitrogen and oxygen atoms in total. The first kappa shape index (κ1) is 9.58. The molecule has 1 N–H and O–H groups in total. The van der Waals surface area contributed by atoms with Gasteiger partial charge in [0, 0.05) is 11.6 Å². The highest BCUT2D eigenvalue weighted by molar-refractivity contribution is 5.59. The van der Waals surface area contributed by atoms with Gasteiger partial charge in [0.2, 0.25) is 0 Å². The molecule has 0 spiro atoms. The average Bonchev–Trinajstić information content (AvgIpc) is 2.17. The highest BCUT2D eigenvalue weighted by atomic mass is 19.1. The normalized spacial score (nSPS) is 10.3. The number of aromatic amines is 1. The number of rotatable bonds is 1. The molecule has 1 aromatic heterocycles. The maximum atomic E-state index is 13.1. The van der Waals surface area contributed by atoms with Gasteiger partial charge in [-0.1, -0.05) is 0 Å². The fraction of sp³-hybridized carbons (Fsp3) is 0.0909. The molecule has 0 amide bonds. The van der Waals surface area contributed by atoms with E-state index in [1.165, 1.54) is 18.2 Å². The lowest BCUT2D eigenvalue weighted by molar-refractivity contribution is 0.627. The number of H-pyrrole nitrogens is 1. The summed E-state index contributed by atoms with van der Waals surface area (Å²) in [6.45, 7) is 1.80. The van der Waals surface area contributed by atoms with Crippen LogP contribution in [0.3, 0.4) is 0 Å². The van der Waals surface area contributed by atoms with Crippen LogP contribution in [0.5, 0.6) is 0 Å². The minimum atomic E-state index is -0.307. The van der Waals surface area contributed by atoms with Crippen molar-refractivity contribution in [2.75, 3.05) is 0 Å². The Bertz CT molecular complexity index is 508. The first-order valence-corrected chi connectivity index (χ1v) is 4.48. The molecule has 0 aliphatic carbocycles. The van der Waals surface area contributed by atoms with Gasteiger partial charge in [0.05, 0.1) is 5.69 Å². The van der Waals surface area contributed by atoms with Crippen LogP contribution in [0.25, 0.3) is 11.3 Å². The van der Waals surface area contributed by atoms with E-state index in [4.69, 9.17) is 0 Å². The van der Waals surface area contributed by atoms with E-state index >= 15 is 0 Å². The molecule has 0 unspecified atom stereocenters. The molecule has 15 heavy (non-hydrogen) atoms. The van der Waals surface area contributed by atoms with E-state index in [1.807, 2.05) is 6.07 Å². The van der Waals surface area contributed by atoms with Crippen molar-refractivity contribution >= 4 is 0 Å². The Balaban J connectivity index is 2.53. The van der Waals surface area contributed by atoms with Crippen LogP contribution in [0.15, 0.2) is 35.1 Å². The summed E-state index contributed by atoms with van der Waals surface area (Å²) in [5, 5.41) is 6.14. The van der Waals surface area contributed by atoms with Gasteiger partial charge in [0.25, 0.3) is 5.56 Å². The SMILES string of the molecule is Cc1cc(F)cc(-c2ccc(=O)[nH]n2)c1. The maximum Gasteiger partial charge on any atom is 0.264 e. The molecule has 2 aromatic rings. The number of halogens is 1. The molecule has 4 heteroatoms. The van der Waals surface area contributed by atoms with Crippen LogP contribution >= 0.6 is 0 Å². The summed E-state index contributed by atoms with van der Waals surface area (Å²) in [5.74, 6) is -0.307. The Morgan fingerprint density at radius 3 is 2.67 bits per heavy atom. The molecule has 0 atom stereocenters. The number of nitrogens with zero attached hydrogens (tertiary/aromatic N) is 1. The summed E-state index contributed by atoms with van der Waals surface area (Å²) in [5.41, 5.74) is 1.76. The van der Waals surface area contributed by atoms with Crippen LogP contribution in [-0.4, -0.2) is 10.2 Å².